The van der Waals surface area contributed by atoms with Gasteiger partial charge in [-0.15, -0.1) is 0 Å². The van der Waals surface area contributed by atoms with Crippen LogP contribution in [-0.2, 0) is 6.54 Å². The average molecular weight is 534 g/mol. The molecule has 2 aromatic carbocycles. The summed E-state index contributed by atoms with van der Waals surface area (Å²) in [5.74, 6) is 0.742. The number of benzene rings is 2. The first-order valence-corrected chi connectivity index (χ1v) is 12.5. The maximum absolute atomic E-state index is 11.1. The number of aliphatic hydroxyl groups excluding tert-OH is 1. The number of hydrogen-bond acceptors (Lipinski definition) is 2. The maximum Gasteiger partial charge on any atom is 0.0845 e. The zero-order valence-corrected chi connectivity index (χ0v) is 21.1. The van der Waals surface area contributed by atoms with Crippen molar-refractivity contribution >= 4 is 53.7 Å². The maximum atomic E-state index is 11.1. The van der Waals surface area contributed by atoms with Crippen LogP contribution in [0.25, 0.3) is 21.8 Å². The molecular formula is C25H30Br2N2O. The Morgan fingerprint density at radius 2 is 1.60 bits per heavy atom. The van der Waals surface area contributed by atoms with E-state index < -0.39 is 0 Å². The second kappa shape index (κ2) is 7.33. The number of halogens is 2. The van der Waals surface area contributed by atoms with E-state index in [4.69, 9.17) is 0 Å². The van der Waals surface area contributed by atoms with Crippen LogP contribution in [0.2, 0.25) is 0 Å². The second-order valence-electron chi connectivity index (χ2n) is 10.3. The fraction of sp³-hybridized carbons (Fsp3) is 0.520. The smallest absolute Gasteiger partial charge is 0.0845 e. The molecule has 1 aromatic heterocycles. The van der Waals surface area contributed by atoms with E-state index in [2.05, 4.69) is 98.5 Å². The summed E-state index contributed by atoms with van der Waals surface area (Å²) in [5, 5.41) is 13.6. The third-order valence-electron chi connectivity index (χ3n) is 8.32. The molecule has 2 aliphatic rings. The zero-order valence-electron chi connectivity index (χ0n) is 18.0. The SMILES string of the molecule is CC12CCC(CN(CC(O)Cn3c4ccc(Br)cc4c4cc(Br)ccc43)C1)C2(C)C. The Morgan fingerprint density at radius 3 is 2.17 bits per heavy atom. The lowest BCUT2D eigenvalue weighted by Gasteiger charge is -2.50. The minimum atomic E-state index is -0.389. The van der Waals surface area contributed by atoms with Crippen molar-refractivity contribution in [3.8, 4) is 0 Å². The number of piperidine rings is 1. The molecule has 2 bridgehead atoms. The zero-order chi connectivity index (χ0) is 21.3. The third kappa shape index (κ3) is 3.28. The predicted molar refractivity (Wildman–Crippen MR) is 132 cm³/mol. The van der Waals surface area contributed by atoms with Crippen LogP contribution in [0.1, 0.15) is 33.6 Å². The Kier molecular flexibility index (Phi) is 5.13. The highest BCUT2D eigenvalue weighted by molar-refractivity contribution is 9.10. The summed E-state index contributed by atoms with van der Waals surface area (Å²) in [5.41, 5.74) is 3.12. The van der Waals surface area contributed by atoms with Gasteiger partial charge in [0.25, 0.3) is 0 Å². The van der Waals surface area contributed by atoms with E-state index in [9.17, 15) is 5.11 Å². The predicted octanol–water partition coefficient (Wildman–Crippen LogP) is 6.44. The molecule has 5 rings (SSSR count). The van der Waals surface area contributed by atoms with Crippen LogP contribution in [-0.4, -0.2) is 40.3 Å². The van der Waals surface area contributed by atoms with Crippen molar-refractivity contribution in [2.75, 3.05) is 19.6 Å². The van der Waals surface area contributed by atoms with Crippen LogP contribution in [0, 0.1) is 16.7 Å². The fourth-order valence-electron chi connectivity index (χ4n) is 6.09. The molecule has 3 nitrogen and oxygen atoms in total. The summed E-state index contributed by atoms with van der Waals surface area (Å²) in [6.07, 6.45) is 2.25. The lowest BCUT2D eigenvalue weighted by atomic mass is 9.63. The van der Waals surface area contributed by atoms with Crippen molar-refractivity contribution in [1.29, 1.82) is 0 Å². The molecule has 3 atom stereocenters. The summed E-state index contributed by atoms with van der Waals surface area (Å²) in [4.78, 5) is 2.52. The van der Waals surface area contributed by atoms with Gasteiger partial charge in [-0.25, -0.2) is 0 Å². The normalized spacial score (nSPS) is 27.2. The summed E-state index contributed by atoms with van der Waals surface area (Å²) in [6, 6.07) is 12.8. The summed E-state index contributed by atoms with van der Waals surface area (Å²) < 4.78 is 4.45. The second-order valence-corrected chi connectivity index (χ2v) is 12.1. The molecule has 0 amide bonds. The van der Waals surface area contributed by atoms with E-state index in [0.717, 1.165) is 34.5 Å². The van der Waals surface area contributed by atoms with E-state index in [0.29, 0.717) is 17.4 Å². The van der Waals surface area contributed by atoms with E-state index in [-0.39, 0.29) is 6.10 Å². The van der Waals surface area contributed by atoms with Gasteiger partial charge in [0.2, 0.25) is 0 Å². The molecule has 1 N–H and O–H groups in total. The summed E-state index contributed by atoms with van der Waals surface area (Å²) in [7, 11) is 0. The highest BCUT2D eigenvalue weighted by Crippen LogP contribution is 2.58. The van der Waals surface area contributed by atoms with Gasteiger partial charge in [-0.3, -0.25) is 4.90 Å². The first-order valence-electron chi connectivity index (χ1n) is 11.0. The van der Waals surface area contributed by atoms with Gasteiger partial charge in [0.15, 0.2) is 0 Å². The number of β-amino-alcohol motifs (C(OH)–C–C–N with tert-alkyl or cyclic N) is 1. The Balaban J connectivity index is 1.42. The van der Waals surface area contributed by atoms with Crippen molar-refractivity contribution < 1.29 is 5.11 Å². The van der Waals surface area contributed by atoms with Gasteiger partial charge in [0.05, 0.1) is 12.6 Å². The van der Waals surface area contributed by atoms with E-state index in [1.165, 1.54) is 34.6 Å². The number of hydrogen-bond donors (Lipinski definition) is 1. The number of likely N-dealkylation sites (tertiary alicyclic amines) is 1. The minimum Gasteiger partial charge on any atom is -0.390 e. The van der Waals surface area contributed by atoms with Gasteiger partial charge in [0.1, 0.15) is 0 Å². The highest BCUT2D eigenvalue weighted by Gasteiger charge is 2.55. The molecule has 1 saturated heterocycles. The van der Waals surface area contributed by atoms with Crippen LogP contribution in [0.3, 0.4) is 0 Å². The molecule has 160 valence electrons. The van der Waals surface area contributed by atoms with Crippen LogP contribution in [0.4, 0.5) is 0 Å². The molecule has 5 heteroatoms. The molecule has 0 spiro atoms. The van der Waals surface area contributed by atoms with Crippen LogP contribution < -0.4 is 0 Å². The number of fused-ring (bicyclic) bond motifs is 5. The molecule has 1 aliphatic carbocycles. The topological polar surface area (TPSA) is 28.4 Å². The van der Waals surface area contributed by atoms with E-state index in [1.807, 2.05) is 0 Å². The number of rotatable bonds is 4. The molecular weight excluding hydrogens is 504 g/mol. The van der Waals surface area contributed by atoms with Crippen LogP contribution in [0.15, 0.2) is 45.3 Å². The van der Waals surface area contributed by atoms with Crippen LogP contribution >= 0.6 is 31.9 Å². The van der Waals surface area contributed by atoms with Gasteiger partial charge < -0.3 is 9.67 Å². The van der Waals surface area contributed by atoms with E-state index >= 15 is 0 Å². The molecule has 2 heterocycles. The standard InChI is InChI=1S/C25H30Br2N2O/c1-24(2)16-8-9-25(24,3)15-28(12-16)13-19(30)14-29-22-6-4-17(26)10-20(22)21-11-18(27)5-7-23(21)29/h4-7,10-11,16,19,30H,8-9,12-15H2,1-3H3. The Morgan fingerprint density at radius 1 is 1.00 bits per heavy atom. The van der Waals surface area contributed by atoms with Crippen LogP contribution in [0.5, 0.6) is 0 Å². The molecule has 3 unspecified atom stereocenters. The van der Waals surface area contributed by atoms with Crippen molar-refractivity contribution in [2.45, 2.75) is 46.3 Å². The Hall–Kier alpha value is -0.880. The first-order chi connectivity index (χ1) is 14.2. The molecule has 30 heavy (non-hydrogen) atoms. The quantitative estimate of drug-likeness (QED) is 0.418. The monoisotopic (exact) mass is 532 g/mol. The van der Waals surface area contributed by atoms with Crippen molar-refractivity contribution in [3.63, 3.8) is 0 Å². The van der Waals surface area contributed by atoms with Crippen molar-refractivity contribution in [1.82, 2.24) is 9.47 Å². The molecule has 0 radical (unpaired) electrons. The molecule has 3 aromatic rings. The number of nitrogens with zero attached hydrogens (tertiary/aromatic N) is 2. The van der Waals surface area contributed by atoms with Gasteiger partial charge >= 0.3 is 0 Å². The van der Waals surface area contributed by atoms with Gasteiger partial charge in [-0.1, -0.05) is 52.6 Å². The van der Waals surface area contributed by atoms with Crippen molar-refractivity contribution in [2.24, 2.45) is 16.7 Å². The van der Waals surface area contributed by atoms with Gasteiger partial charge in [-0.05, 0) is 66.0 Å². The fourth-order valence-corrected chi connectivity index (χ4v) is 6.81. The highest BCUT2D eigenvalue weighted by atomic mass is 79.9. The summed E-state index contributed by atoms with van der Waals surface area (Å²) in [6.45, 7) is 10.9. The number of aliphatic hydroxyl groups is 1. The molecule has 2 fully saturated rings. The van der Waals surface area contributed by atoms with E-state index in [1.54, 1.807) is 0 Å². The lowest BCUT2D eigenvalue weighted by molar-refractivity contribution is -0.0345. The lowest BCUT2D eigenvalue weighted by Crippen LogP contribution is -2.53. The largest absolute Gasteiger partial charge is 0.390 e. The minimum absolute atomic E-state index is 0.362. The van der Waals surface area contributed by atoms with Gasteiger partial charge in [-0.2, -0.15) is 0 Å². The van der Waals surface area contributed by atoms with Gasteiger partial charge in [0, 0.05) is 50.4 Å². The molecule has 1 aliphatic heterocycles. The summed E-state index contributed by atoms with van der Waals surface area (Å²) >= 11 is 7.23. The number of aromatic nitrogens is 1. The Labute approximate surface area is 195 Å². The first kappa shape index (κ1) is 21.0. The Bertz CT molecular complexity index is 1060. The third-order valence-corrected chi connectivity index (χ3v) is 9.31. The van der Waals surface area contributed by atoms with Crippen molar-refractivity contribution in [3.05, 3.63) is 45.3 Å². The molecule has 1 saturated carbocycles. The average Bonchev–Trinajstić information content (AvgIpc) is 2.97.